The second kappa shape index (κ2) is 45.2. The topological polar surface area (TPSA) is 133 Å². The highest BCUT2D eigenvalue weighted by Crippen LogP contribution is 2.55. The number of halogens is 4. The molecule has 10 nitrogen and oxygen atoms in total. The fraction of sp³-hybridized carbons (Fsp3) is 0.295. The molecule has 2 bridgehead atoms. The third-order valence-electron chi connectivity index (χ3n) is 22.5. The lowest BCUT2D eigenvalue weighted by molar-refractivity contribution is -0.180. The summed E-state index contributed by atoms with van der Waals surface area (Å²) < 4.78 is 124. The third-order valence-corrected chi connectivity index (χ3v) is 25.6. The number of benzene rings is 12. The Morgan fingerprint density at radius 2 is 0.818 bits per heavy atom. The number of rotatable bonds is 30. The number of fused-ring (bicyclic) bond motifs is 2. The fourth-order valence-electron chi connectivity index (χ4n) is 14.6. The summed E-state index contributed by atoms with van der Waals surface area (Å²) in [5.41, 5.74) is 10.5. The molecular formula is C105H114F4O10S2. The van der Waals surface area contributed by atoms with Gasteiger partial charge in [0.1, 0.15) is 50.4 Å². The van der Waals surface area contributed by atoms with E-state index in [9.17, 15) is 30.5 Å². The number of ether oxygens (including phenoxy) is 6. The van der Waals surface area contributed by atoms with E-state index in [1.165, 1.54) is 55.5 Å². The Morgan fingerprint density at radius 1 is 0.438 bits per heavy atom. The lowest BCUT2D eigenvalue weighted by Gasteiger charge is -2.39. The van der Waals surface area contributed by atoms with Crippen LogP contribution in [-0.2, 0) is 30.5 Å². The maximum absolute atomic E-state index is 13.9. The van der Waals surface area contributed by atoms with Crippen LogP contribution in [0.3, 0.4) is 0 Å². The van der Waals surface area contributed by atoms with Crippen LogP contribution >= 0.6 is 0 Å². The van der Waals surface area contributed by atoms with Gasteiger partial charge in [-0.15, -0.1) is 0 Å². The number of allylic oxidation sites excluding steroid dienone is 2. The molecule has 14 rings (SSSR count). The molecule has 121 heavy (non-hydrogen) atoms. The first kappa shape index (κ1) is 92.6. The van der Waals surface area contributed by atoms with Gasteiger partial charge in [-0.25, -0.2) is 17.2 Å². The van der Waals surface area contributed by atoms with Gasteiger partial charge in [-0.05, 0) is 212 Å². The van der Waals surface area contributed by atoms with Crippen molar-refractivity contribution in [3.63, 3.8) is 0 Å². The maximum atomic E-state index is 13.9. The van der Waals surface area contributed by atoms with Crippen LogP contribution in [-0.4, -0.2) is 50.0 Å². The number of hydrogen-bond acceptors (Lipinski definition) is 10. The molecule has 1 N–H and O–H groups in total. The highest BCUT2D eigenvalue weighted by atomic mass is 32.2. The Balaban J connectivity index is 0.000000169. The Labute approximate surface area is 717 Å². The average Bonchev–Trinajstić information content (AvgIpc) is 1.31. The van der Waals surface area contributed by atoms with Gasteiger partial charge in [0.2, 0.25) is 30.0 Å². The van der Waals surface area contributed by atoms with Crippen LogP contribution in [0.1, 0.15) is 179 Å². The summed E-state index contributed by atoms with van der Waals surface area (Å²) in [6.45, 7) is 26.7. The molecule has 0 saturated heterocycles. The molecule has 1 saturated carbocycles. The van der Waals surface area contributed by atoms with Crippen molar-refractivity contribution in [2.45, 2.75) is 189 Å². The second-order valence-electron chi connectivity index (χ2n) is 31.4. The van der Waals surface area contributed by atoms with Crippen molar-refractivity contribution in [1.29, 1.82) is 0 Å². The van der Waals surface area contributed by atoms with Gasteiger partial charge in [0.15, 0.2) is 26.3 Å². The number of aromatic hydroxyl groups is 1. The zero-order valence-electron chi connectivity index (χ0n) is 71.3. The molecule has 2 aliphatic carbocycles. The molecule has 0 amide bonds. The highest BCUT2D eigenvalue weighted by Gasteiger charge is 2.52. The molecule has 0 radical (unpaired) electrons. The van der Waals surface area contributed by atoms with E-state index in [0.717, 1.165) is 77.2 Å². The molecule has 12 aromatic rings. The molecule has 10 unspecified atom stereocenters. The molecule has 0 heterocycles. The van der Waals surface area contributed by atoms with E-state index >= 15 is 0 Å². The van der Waals surface area contributed by atoms with Crippen molar-refractivity contribution in [3.8, 4) is 56.8 Å². The number of para-hydroxylation sites is 1. The predicted octanol–water partition coefficient (Wildman–Crippen LogP) is 28.2. The summed E-state index contributed by atoms with van der Waals surface area (Å²) in [6, 6.07) is 99.9. The van der Waals surface area contributed by atoms with E-state index in [4.69, 9.17) is 33.5 Å². The summed E-state index contributed by atoms with van der Waals surface area (Å²) in [7, 11) is -5.77. The van der Waals surface area contributed by atoms with Gasteiger partial charge in [0, 0.05) is 22.5 Å². The van der Waals surface area contributed by atoms with E-state index in [1.54, 1.807) is 24.3 Å². The Bertz CT molecular complexity index is 5070. The van der Waals surface area contributed by atoms with Crippen LogP contribution in [0.25, 0.3) is 22.3 Å². The van der Waals surface area contributed by atoms with Crippen molar-refractivity contribution < 1.29 is 64.1 Å². The molecular weight excluding hydrogens is 1560 g/mol. The molecule has 12 aromatic carbocycles. The van der Waals surface area contributed by atoms with Gasteiger partial charge in [-0.3, -0.25) is 0 Å². The van der Waals surface area contributed by atoms with Gasteiger partial charge in [0.25, 0.3) is 0 Å². The molecule has 2 aliphatic rings. The molecule has 634 valence electrons. The van der Waals surface area contributed by atoms with Gasteiger partial charge in [-0.1, -0.05) is 294 Å². The van der Waals surface area contributed by atoms with Crippen molar-refractivity contribution in [2.75, 3.05) is 13.2 Å². The standard InChI is InChI=1S/C39H40O3.C22H32O2.C18H15S.C16H14F4O4S.C10H14O/c1-4-29(2)31-23-25-35(26-24-31)42-39(30(3)32-15-8-5-9-16-32)41-28-27-40-38-36(33-17-10-6-11-18-33)21-14-22-37(38)34-19-12-7-13-20-34;1-6-16(4)18-8-11-20(12-9-18)24-21(23-15(2)3)22(5)14-17-7-10-19(22)13-17;1-4-10-16(11-5-1)19(17-12-6-2-7-13-17)18-14-8-3-9-15-18;1-3-8(2)9-4-6-10(7-5-9)24-15-11(17)13(19)16(25(21,22)23)14(20)12(15)18;1-3-8(2)9-4-6-10(11)7-5-9/h5-26,29-30,39H,4,27-28H2,1-3H3;7-12,15-17,19,21H,6,13-14H2,1-5H3;1-15H;4-8H,3H2,1-2H3,(H,21,22,23);4-8,11H,3H2,1-2H3/q;;+1;;/p-1. The van der Waals surface area contributed by atoms with Gasteiger partial charge < -0.3 is 38.1 Å². The highest BCUT2D eigenvalue weighted by molar-refractivity contribution is 7.97. The number of hydrogen-bond donors (Lipinski definition) is 1. The van der Waals surface area contributed by atoms with E-state index in [1.807, 2.05) is 56.3 Å². The molecule has 0 aliphatic heterocycles. The smallest absolute Gasteiger partial charge is 0.206 e. The maximum Gasteiger partial charge on any atom is 0.206 e. The van der Waals surface area contributed by atoms with Crippen molar-refractivity contribution in [3.05, 3.63) is 360 Å². The van der Waals surface area contributed by atoms with E-state index < -0.39 is 50.3 Å². The number of phenols is 1. The van der Waals surface area contributed by atoms with Gasteiger partial charge in [0.05, 0.1) is 23.6 Å². The SMILES string of the molecule is CCC(C)c1ccc(O)cc1.CCC(C)c1ccc(OC(OC(C)C)C2(C)CC3C=CC2C3)cc1.CCC(C)c1ccc(OC(OCCOc2c(-c3ccccc3)cccc2-c2ccccc2)C(C)c2ccccc2)cc1.CCC(C)c1ccc(Oc2c(F)c(F)c(S(=O)(=O)[O-])c(F)c2F)cc1.c1ccc([S+](c2ccccc2)c2ccccc2)cc1. The minimum Gasteiger partial charge on any atom is -0.744 e. The Morgan fingerprint density at radius 3 is 1.19 bits per heavy atom. The molecule has 1 fully saturated rings. The van der Waals surface area contributed by atoms with Gasteiger partial charge >= 0.3 is 0 Å². The zero-order chi connectivity index (χ0) is 86.6. The average molecular weight is 1680 g/mol. The summed E-state index contributed by atoms with van der Waals surface area (Å²) in [5, 5.41) is 9.01. The predicted molar refractivity (Wildman–Crippen MR) is 480 cm³/mol. The van der Waals surface area contributed by atoms with E-state index in [2.05, 4.69) is 300 Å². The van der Waals surface area contributed by atoms with E-state index in [-0.39, 0.29) is 46.3 Å². The quantitative estimate of drug-likeness (QED) is 0.00882. The fourth-order valence-corrected chi connectivity index (χ4v) is 17.3. The summed E-state index contributed by atoms with van der Waals surface area (Å²) in [5.74, 6) is -4.34. The monoisotopic (exact) mass is 1670 g/mol. The van der Waals surface area contributed by atoms with Crippen molar-refractivity contribution in [2.24, 2.45) is 17.3 Å². The Hall–Kier alpha value is -10.7. The van der Waals surface area contributed by atoms with Crippen LogP contribution < -0.4 is 18.9 Å². The van der Waals surface area contributed by atoms with Crippen LogP contribution in [0.2, 0.25) is 0 Å². The minimum atomic E-state index is -5.75. The summed E-state index contributed by atoms with van der Waals surface area (Å²) in [4.78, 5) is 1.86. The van der Waals surface area contributed by atoms with Gasteiger partial charge in [-0.2, -0.15) is 8.78 Å². The van der Waals surface area contributed by atoms with Crippen molar-refractivity contribution in [1.82, 2.24) is 0 Å². The van der Waals surface area contributed by atoms with Crippen molar-refractivity contribution >= 4 is 21.0 Å². The Kier molecular flexibility index (Phi) is 34.6. The second-order valence-corrected chi connectivity index (χ2v) is 34.7. The molecule has 0 spiro atoms. The van der Waals surface area contributed by atoms with Crippen LogP contribution in [0, 0.1) is 40.5 Å². The minimum absolute atomic E-state index is 0.0146. The summed E-state index contributed by atoms with van der Waals surface area (Å²) >= 11 is 0. The molecule has 16 heteroatoms. The number of phenolic OH excluding ortho intramolecular Hbond substituents is 1. The largest absolute Gasteiger partial charge is 0.744 e. The van der Waals surface area contributed by atoms with E-state index in [0.29, 0.717) is 48.6 Å². The lowest BCUT2D eigenvalue weighted by atomic mass is 9.77. The van der Waals surface area contributed by atoms with Crippen LogP contribution in [0.5, 0.6) is 34.5 Å². The lowest BCUT2D eigenvalue weighted by Crippen LogP contribution is -2.43. The molecule has 10 atom stereocenters. The first-order chi connectivity index (χ1) is 58.3. The first-order valence-corrected chi connectivity index (χ1v) is 44.6. The van der Waals surface area contributed by atoms with Crippen LogP contribution in [0.15, 0.2) is 329 Å². The zero-order valence-corrected chi connectivity index (χ0v) is 73.0. The summed E-state index contributed by atoms with van der Waals surface area (Å²) in [6.07, 6.45) is 10.9. The van der Waals surface area contributed by atoms with Crippen LogP contribution in [0.4, 0.5) is 17.6 Å². The molecule has 0 aromatic heterocycles. The normalized spacial score (nSPS) is 16.2. The third kappa shape index (κ3) is 25.5. The first-order valence-electron chi connectivity index (χ1n) is 42.0.